The average Bonchev–Trinajstić information content (AvgIpc) is 2.46. The molecule has 0 bridgehead atoms. The molecule has 0 saturated carbocycles. The average molecular weight is 312 g/mol. The second-order valence-electron chi connectivity index (χ2n) is 4.32. The molecule has 1 heterocycles. The largest absolute Gasteiger partial charge is 0.495 e. The molecule has 106 valence electrons. The van der Waals surface area contributed by atoms with Gasteiger partial charge in [0.25, 0.3) is 0 Å². The van der Waals surface area contributed by atoms with Crippen molar-refractivity contribution in [3.8, 4) is 5.75 Å². The lowest BCUT2D eigenvalue weighted by Gasteiger charge is -2.17. The van der Waals surface area contributed by atoms with Crippen molar-refractivity contribution in [2.45, 2.75) is 12.5 Å². The summed E-state index contributed by atoms with van der Waals surface area (Å²) in [6.45, 7) is 0. The van der Waals surface area contributed by atoms with Gasteiger partial charge in [0, 0.05) is 16.2 Å². The molecule has 0 radical (unpaired) electrons. The molecule has 6 heteroatoms. The molecular formula is C14H15Cl2N3O. The predicted octanol–water partition coefficient (Wildman–Crippen LogP) is 3.14. The normalized spacial score (nSPS) is 12.2. The number of nitrogens with one attached hydrogen (secondary N) is 1. The highest BCUT2D eigenvalue weighted by molar-refractivity contribution is 6.35. The standard InChI is InChI=1S/C14H15Cl2N3O/c1-20-12-4-10(7-18-8-12)14(19-17)5-9-2-3-11(15)6-13(9)16/h2-4,6-8,14,19H,5,17H2,1H3. The zero-order chi connectivity index (χ0) is 14.5. The number of benzene rings is 1. The number of ether oxygens (including phenoxy) is 1. The monoisotopic (exact) mass is 311 g/mol. The summed E-state index contributed by atoms with van der Waals surface area (Å²) in [6, 6.07) is 7.19. The molecule has 20 heavy (non-hydrogen) atoms. The molecule has 1 unspecified atom stereocenters. The summed E-state index contributed by atoms with van der Waals surface area (Å²) in [5.74, 6) is 6.32. The number of hydrogen-bond acceptors (Lipinski definition) is 4. The maximum atomic E-state index is 6.18. The molecule has 0 fully saturated rings. The molecule has 4 nitrogen and oxygen atoms in total. The van der Waals surface area contributed by atoms with Crippen molar-refractivity contribution in [1.29, 1.82) is 0 Å². The van der Waals surface area contributed by atoms with Crippen LogP contribution in [0.5, 0.6) is 5.75 Å². The Hall–Kier alpha value is -1.33. The van der Waals surface area contributed by atoms with E-state index in [0.717, 1.165) is 11.1 Å². The molecule has 0 aliphatic heterocycles. The molecule has 3 N–H and O–H groups in total. The molecule has 2 aromatic rings. The third-order valence-electron chi connectivity index (χ3n) is 3.01. The molecule has 0 aliphatic carbocycles. The van der Waals surface area contributed by atoms with E-state index in [0.29, 0.717) is 22.2 Å². The van der Waals surface area contributed by atoms with Gasteiger partial charge in [-0.15, -0.1) is 0 Å². The SMILES string of the molecule is COc1cncc(C(Cc2ccc(Cl)cc2Cl)NN)c1. The molecule has 1 aromatic carbocycles. The minimum atomic E-state index is -0.115. The number of nitrogens with two attached hydrogens (primary N) is 1. The third-order valence-corrected chi connectivity index (χ3v) is 3.60. The lowest BCUT2D eigenvalue weighted by Crippen LogP contribution is -2.29. The van der Waals surface area contributed by atoms with Gasteiger partial charge in [0.15, 0.2) is 0 Å². The van der Waals surface area contributed by atoms with Gasteiger partial charge in [-0.2, -0.15) is 0 Å². The molecule has 1 atom stereocenters. The molecule has 0 amide bonds. The van der Waals surface area contributed by atoms with Crippen LogP contribution >= 0.6 is 23.2 Å². The van der Waals surface area contributed by atoms with Crippen molar-refractivity contribution >= 4 is 23.2 Å². The zero-order valence-corrected chi connectivity index (χ0v) is 12.4. The number of aromatic nitrogens is 1. The van der Waals surface area contributed by atoms with Crippen LogP contribution in [0.4, 0.5) is 0 Å². The van der Waals surface area contributed by atoms with Gasteiger partial charge in [0.05, 0.1) is 19.3 Å². The van der Waals surface area contributed by atoms with Crippen LogP contribution in [-0.4, -0.2) is 12.1 Å². The Bertz CT molecular complexity index is 592. The topological polar surface area (TPSA) is 60.2 Å². The van der Waals surface area contributed by atoms with Crippen LogP contribution in [0.15, 0.2) is 36.7 Å². The molecule has 0 saturated heterocycles. The highest BCUT2D eigenvalue weighted by Gasteiger charge is 2.14. The van der Waals surface area contributed by atoms with Gasteiger partial charge >= 0.3 is 0 Å². The number of methoxy groups -OCH3 is 1. The van der Waals surface area contributed by atoms with Crippen LogP contribution in [0.1, 0.15) is 17.2 Å². The van der Waals surface area contributed by atoms with Gasteiger partial charge in [-0.1, -0.05) is 29.3 Å². The summed E-state index contributed by atoms with van der Waals surface area (Å²) >= 11 is 12.1. The van der Waals surface area contributed by atoms with Gasteiger partial charge in [-0.05, 0) is 35.7 Å². The van der Waals surface area contributed by atoms with E-state index in [2.05, 4.69) is 10.4 Å². The smallest absolute Gasteiger partial charge is 0.137 e. The summed E-state index contributed by atoms with van der Waals surface area (Å²) in [4.78, 5) is 4.13. The molecule has 0 spiro atoms. The minimum absolute atomic E-state index is 0.115. The van der Waals surface area contributed by atoms with Crippen LogP contribution < -0.4 is 16.0 Å². The first-order chi connectivity index (χ1) is 9.63. The first-order valence-corrected chi connectivity index (χ1v) is 6.78. The summed E-state index contributed by atoms with van der Waals surface area (Å²) < 4.78 is 5.16. The third kappa shape index (κ3) is 3.61. The number of pyridine rings is 1. The second kappa shape index (κ2) is 6.90. The van der Waals surface area contributed by atoms with E-state index < -0.39 is 0 Å². The highest BCUT2D eigenvalue weighted by Crippen LogP contribution is 2.26. The van der Waals surface area contributed by atoms with Crippen molar-refractivity contribution in [3.05, 3.63) is 57.8 Å². The minimum Gasteiger partial charge on any atom is -0.495 e. The zero-order valence-electron chi connectivity index (χ0n) is 10.9. The van der Waals surface area contributed by atoms with Crippen LogP contribution in [0.2, 0.25) is 10.0 Å². The molecule has 1 aromatic heterocycles. The van der Waals surface area contributed by atoms with Crippen LogP contribution in [0, 0.1) is 0 Å². The lowest BCUT2D eigenvalue weighted by atomic mass is 10.0. The van der Waals surface area contributed by atoms with E-state index in [1.54, 1.807) is 31.6 Å². The number of hydrogen-bond donors (Lipinski definition) is 2. The second-order valence-corrected chi connectivity index (χ2v) is 5.16. The molecule has 2 rings (SSSR count). The summed E-state index contributed by atoms with van der Waals surface area (Å²) in [7, 11) is 1.60. The summed E-state index contributed by atoms with van der Waals surface area (Å²) in [5, 5.41) is 1.23. The van der Waals surface area contributed by atoms with E-state index >= 15 is 0 Å². The van der Waals surface area contributed by atoms with Gasteiger partial charge in [0.2, 0.25) is 0 Å². The van der Waals surface area contributed by atoms with Crippen LogP contribution in [0.25, 0.3) is 0 Å². The number of rotatable bonds is 5. The Morgan fingerprint density at radius 3 is 2.75 bits per heavy atom. The van der Waals surface area contributed by atoms with Crippen molar-refractivity contribution in [3.63, 3.8) is 0 Å². The highest BCUT2D eigenvalue weighted by atomic mass is 35.5. The molecule has 0 aliphatic rings. The van der Waals surface area contributed by atoms with Crippen LogP contribution in [0.3, 0.4) is 0 Å². The van der Waals surface area contributed by atoms with Crippen molar-refractivity contribution in [1.82, 2.24) is 10.4 Å². The van der Waals surface area contributed by atoms with E-state index in [-0.39, 0.29) is 6.04 Å². The Labute approximate surface area is 127 Å². The van der Waals surface area contributed by atoms with Crippen molar-refractivity contribution < 1.29 is 4.74 Å². The van der Waals surface area contributed by atoms with E-state index in [1.807, 2.05) is 12.1 Å². The van der Waals surface area contributed by atoms with Crippen molar-refractivity contribution in [2.24, 2.45) is 5.84 Å². The Kier molecular flexibility index (Phi) is 5.20. The first kappa shape index (κ1) is 15.1. The maximum Gasteiger partial charge on any atom is 0.137 e. The van der Waals surface area contributed by atoms with Gasteiger partial charge in [-0.25, -0.2) is 0 Å². The fourth-order valence-corrected chi connectivity index (χ4v) is 2.40. The van der Waals surface area contributed by atoms with E-state index in [1.165, 1.54) is 0 Å². The lowest BCUT2D eigenvalue weighted by molar-refractivity contribution is 0.410. The summed E-state index contributed by atoms with van der Waals surface area (Å²) in [6.07, 6.45) is 4.02. The van der Waals surface area contributed by atoms with Crippen LogP contribution in [-0.2, 0) is 6.42 Å². The fourth-order valence-electron chi connectivity index (χ4n) is 1.92. The van der Waals surface area contributed by atoms with Crippen molar-refractivity contribution in [2.75, 3.05) is 7.11 Å². The van der Waals surface area contributed by atoms with Gasteiger partial charge in [-0.3, -0.25) is 16.3 Å². The fraction of sp³-hybridized carbons (Fsp3) is 0.214. The first-order valence-electron chi connectivity index (χ1n) is 6.03. The predicted molar refractivity (Wildman–Crippen MR) is 81.0 cm³/mol. The Morgan fingerprint density at radius 1 is 1.30 bits per heavy atom. The number of nitrogens with zero attached hydrogens (tertiary/aromatic N) is 1. The summed E-state index contributed by atoms with van der Waals surface area (Å²) in [5.41, 5.74) is 4.66. The Balaban J connectivity index is 2.23. The quantitative estimate of drug-likeness (QED) is 0.658. The molecular weight excluding hydrogens is 297 g/mol. The van der Waals surface area contributed by atoms with Gasteiger partial charge in [0.1, 0.15) is 5.75 Å². The van der Waals surface area contributed by atoms with Gasteiger partial charge < -0.3 is 4.74 Å². The maximum absolute atomic E-state index is 6.18. The van der Waals surface area contributed by atoms with E-state index in [9.17, 15) is 0 Å². The number of hydrazine groups is 1. The van der Waals surface area contributed by atoms with E-state index in [4.69, 9.17) is 33.8 Å². The Morgan fingerprint density at radius 2 is 2.10 bits per heavy atom. The number of halogens is 2.